The Labute approximate surface area is 107 Å². The minimum Gasteiger partial charge on any atom is -0.464 e. The summed E-state index contributed by atoms with van der Waals surface area (Å²) in [5, 5.41) is 9.10. The molecule has 0 unspecified atom stereocenters. The van der Waals surface area contributed by atoms with Gasteiger partial charge in [0.2, 0.25) is 0 Å². The highest BCUT2D eigenvalue weighted by molar-refractivity contribution is 7.97. The Hall–Kier alpha value is -1.16. The normalized spacial score (nSPS) is 10.2. The first kappa shape index (κ1) is 13.9. The van der Waals surface area contributed by atoms with Gasteiger partial charge in [0.15, 0.2) is 0 Å². The van der Waals surface area contributed by atoms with E-state index in [0.717, 1.165) is 17.7 Å². The maximum atomic E-state index is 11.1. The van der Waals surface area contributed by atoms with Crippen molar-refractivity contribution in [2.75, 3.05) is 6.54 Å². The highest BCUT2D eigenvalue weighted by Crippen LogP contribution is 2.22. The number of amides is 1. The zero-order valence-electron chi connectivity index (χ0n) is 10.1. The lowest BCUT2D eigenvalue weighted by molar-refractivity contribution is 0.175. The van der Waals surface area contributed by atoms with Crippen molar-refractivity contribution in [3.05, 3.63) is 30.3 Å². The first-order valence-corrected chi connectivity index (χ1v) is 6.75. The van der Waals surface area contributed by atoms with Crippen molar-refractivity contribution in [2.24, 2.45) is 0 Å². The van der Waals surface area contributed by atoms with Gasteiger partial charge in [0.1, 0.15) is 0 Å². The molecule has 0 radical (unpaired) electrons. The average molecular weight is 253 g/mol. The summed E-state index contributed by atoms with van der Waals surface area (Å²) in [6, 6.07) is 9.61. The van der Waals surface area contributed by atoms with Crippen LogP contribution in [-0.2, 0) is 0 Å². The number of nitrogens with zero attached hydrogens (tertiary/aromatic N) is 1. The number of benzene rings is 1. The van der Waals surface area contributed by atoms with Gasteiger partial charge in [-0.3, -0.25) is 0 Å². The summed E-state index contributed by atoms with van der Waals surface area (Å²) < 4.78 is 1.41. The van der Waals surface area contributed by atoms with E-state index >= 15 is 0 Å². The molecule has 94 valence electrons. The van der Waals surface area contributed by atoms with Crippen LogP contribution < -0.4 is 0 Å². The molecule has 0 aliphatic carbocycles. The highest BCUT2D eigenvalue weighted by Gasteiger charge is 2.12. The molecule has 1 aromatic carbocycles. The molecule has 0 saturated heterocycles. The summed E-state index contributed by atoms with van der Waals surface area (Å²) in [6.07, 6.45) is 3.49. The fourth-order valence-electron chi connectivity index (χ4n) is 1.47. The van der Waals surface area contributed by atoms with Crippen LogP contribution in [0.2, 0.25) is 0 Å². The van der Waals surface area contributed by atoms with Gasteiger partial charge in [-0.1, -0.05) is 44.4 Å². The number of carbonyl (C=O) groups is 1. The second-order valence-corrected chi connectivity index (χ2v) is 4.94. The van der Waals surface area contributed by atoms with Crippen LogP contribution in [0.15, 0.2) is 35.2 Å². The third-order valence-corrected chi connectivity index (χ3v) is 3.43. The summed E-state index contributed by atoms with van der Waals surface area (Å²) in [7, 11) is 0. The monoisotopic (exact) mass is 253 g/mol. The molecule has 4 heteroatoms. The molecular formula is C13H19NO2S. The van der Waals surface area contributed by atoms with E-state index in [-0.39, 0.29) is 0 Å². The Balaban J connectivity index is 2.41. The Kier molecular flexibility index (Phi) is 6.55. The molecule has 0 bridgehead atoms. The molecule has 1 rings (SSSR count). The lowest BCUT2D eigenvalue weighted by Gasteiger charge is -2.17. The third-order valence-electron chi connectivity index (χ3n) is 2.39. The van der Waals surface area contributed by atoms with Gasteiger partial charge >= 0.3 is 6.09 Å². The Morgan fingerprint density at radius 1 is 1.24 bits per heavy atom. The van der Waals surface area contributed by atoms with E-state index in [9.17, 15) is 4.79 Å². The zero-order valence-corrected chi connectivity index (χ0v) is 10.9. The molecule has 0 aliphatic heterocycles. The average Bonchev–Trinajstić information content (AvgIpc) is 2.34. The first-order valence-electron chi connectivity index (χ1n) is 5.97. The number of unbranched alkanes of at least 4 members (excludes halogenated alkanes) is 3. The van der Waals surface area contributed by atoms with Gasteiger partial charge in [-0.2, -0.15) is 0 Å². The van der Waals surface area contributed by atoms with Gasteiger partial charge in [-0.25, -0.2) is 9.10 Å². The summed E-state index contributed by atoms with van der Waals surface area (Å²) in [4.78, 5) is 12.0. The SMILES string of the molecule is CCCCCCN(Sc1ccccc1)C(=O)O. The number of carboxylic acid groups (broad SMARTS) is 1. The molecule has 1 amide bonds. The van der Waals surface area contributed by atoms with Gasteiger partial charge in [-0.15, -0.1) is 0 Å². The molecule has 3 nitrogen and oxygen atoms in total. The minimum absolute atomic E-state index is 0.592. The zero-order chi connectivity index (χ0) is 12.5. The maximum Gasteiger partial charge on any atom is 0.417 e. The van der Waals surface area contributed by atoms with E-state index in [0.29, 0.717) is 6.54 Å². The van der Waals surface area contributed by atoms with E-state index in [2.05, 4.69) is 6.92 Å². The third kappa shape index (κ3) is 5.63. The molecule has 0 saturated carbocycles. The van der Waals surface area contributed by atoms with Crippen LogP contribution in [0.25, 0.3) is 0 Å². The second kappa shape index (κ2) is 8.01. The van der Waals surface area contributed by atoms with Gasteiger partial charge < -0.3 is 5.11 Å². The van der Waals surface area contributed by atoms with Crippen molar-refractivity contribution in [3.8, 4) is 0 Å². The van der Waals surface area contributed by atoms with Crippen LogP contribution in [0.5, 0.6) is 0 Å². The molecule has 0 fully saturated rings. The molecular weight excluding hydrogens is 234 g/mol. The molecule has 1 aromatic rings. The largest absolute Gasteiger partial charge is 0.464 e. The Morgan fingerprint density at radius 3 is 2.53 bits per heavy atom. The van der Waals surface area contributed by atoms with E-state index in [1.807, 2.05) is 30.3 Å². The van der Waals surface area contributed by atoms with Crippen molar-refractivity contribution in [3.63, 3.8) is 0 Å². The summed E-state index contributed by atoms with van der Waals surface area (Å²) in [5.74, 6) is 0. The lowest BCUT2D eigenvalue weighted by Crippen LogP contribution is -2.23. The van der Waals surface area contributed by atoms with Crippen molar-refractivity contribution >= 4 is 18.0 Å². The molecule has 0 aliphatic rings. The number of hydrogen-bond acceptors (Lipinski definition) is 2. The predicted molar refractivity (Wildman–Crippen MR) is 71.2 cm³/mol. The molecule has 0 aromatic heterocycles. The second-order valence-electron chi connectivity index (χ2n) is 3.85. The standard InChI is InChI=1S/C13H19NO2S/c1-2-3-4-8-11-14(13(15)16)17-12-9-6-5-7-10-12/h5-7,9-10H,2-4,8,11H2,1H3,(H,15,16). The summed E-state index contributed by atoms with van der Waals surface area (Å²) >= 11 is 1.29. The lowest BCUT2D eigenvalue weighted by atomic mass is 10.2. The van der Waals surface area contributed by atoms with E-state index in [1.54, 1.807) is 0 Å². The van der Waals surface area contributed by atoms with Crippen LogP contribution >= 0.6 is 11.9 Å². The molecule has 1 N–H and O–H groups in total. The van der Waals surface area contributed by atoms with Gasteiger partial charge in [0.25, 0.3) is 0 Å². The Morgan fingerprint density at radius 2 is 1.94 bits per heavy atom. The number of hydrogen-bond donors (Lipinski definition) is 1. The molecule has 0 heterocycles. The fourth-order valence-corrected chi connectivity index (χ4v) is 2.30. The quantitative estimate of drug-likeness (QED) is 0.583. The van der Waals surface area contributed by atoms with Crippen molar-refractivity contribution in [1.29, 1.82) is 0 Å². The molecule has 0 atom stereocenters. The molecule has 0 spiro atoms. The van der Waals surface area contributed by atoms with Crippen molar-refractivity contribution < 1.29 is 9.90 Å². The fraction of sp³-hybridized carbons (Fsp3) is 0.462. The van der Waals surface area contributed by atoms with Crippen LogP contribution in [0, 0.1) is 0 Å². The van der Waals surface area contributed by atoms with E-state index < -0.39 is 6.09 Å². The van der Waals surface area contributed by atoms with Crippen LogP contribution in [0.1, 0.15) is 32.6 Å². The minimum atomic E-state index is -0.865. The first-order chi connectivity index (χ1) is 8.24. The summed E-state index contributed by atoms with van der Waals surface area (Å²) in [6.45, 7) is 2.74. The van der Waals surface area contributed by atoms with Crippen LogP contribution in [0.3, 0.4) is 0 Å². The Bertz CT molecular complexity index is 329. The van der Waals surface area contributed by atoms with Crippen molar-refractivity contribution in [1.82, 2.24) is 4.31 Å². The highest BCUT2D eigenvalue weighted by atomic mass is 32.2. The molecule has 17 heavy (non-hydrogen) atoms. The van der Waals surface area contributed by atoms with E-state index in [4.69, 9.17) is 5.11 Å². The maximum absolute atomic E-state index is 11.1. The smallest absolute Gasteiger partial charge is 0.417 e. The van der Waals surface area contributed by atoms with Crippen LogP contribution in [0.4, 0.5) is 4.79 Å². The number of rotatable bonds is 7. The predicted octanol–water partition coefficient (Wildman–Crippen LogP) is 4.25. The van der Waals surface area contributed by atoms with Gasteiger partial charge in [-0.05, 0) is 30.5 Å². The van der Waals surface area contributed by atoms with Gasteiger partial charge in [0.05, 0.1) is 0 Å². The topological polar surface area (TPSA) is 40.5 Å². The van der Waals surface area contributed by atoms with Crippen LogP contribution in [-0.4, -0.2) is 22.0 Å². The van der Waals surface area contributed by atoms with E-state index in [1.165, 1.54) is 29.1 Å². The van der Waals surface area contributed by atoms with Gasteiger partial charge in [0, 0.05) is 11.4 Å². The van der Waals surface area contributed by atoms with Crippen molar-refractivity contribution in [2.45, 2.75) is 37.5 Å². The summed E-state index contributed by atoms with van der Waals surface area (Å²) in [5.41, 5.74) is 0.